The molecule has 6 nitrogen and oxygen atoms in total. The SMILES string of the molecule is NC(CCC(=O)c1nc2ccccc2[nH]1)C(=O)O. The maximum absolute atomic E-state index is 11.8. The molecule has 0 fully saturated rings. The number of Topliss-reactive ketones (excluding diaryl/α,β-unsaturated/α-hetero) is 1. The molecule has 1 heterocycles. The average Bonchev–Trinajstić information content (AvgIpc) is 2.79. The Morgan fingerprint density at radius 2 is 2.11 bits per heavy atom. The summed E-state index contributed by atoms with van der Waals surface area (Å²) in [6.45, 7) is 0. The molecule has 1 aromatic heterocycles. The highest BCUT2D eigenvalue weighted by molar-refractivity contribution is 5.96. The molecule has 18 heavy (non-hydrogen) atoms. The van der Waals surface area contributed by atoms with Crippen LogP contribution in [0.2, 0.25) is 0 Å². The molecule has 2 rings (SSSR count). The Morgan fingerprint density at radius 1 is 1.39 bits per heavy atom. The summed E-state index contributed by atoms with van der Waals surface area (Å²) in [4.78, 5) is 29.4. The minimum atomic E-state index is -1.10. The van der Waals surface area contributed by atoms with Crippen LogP contribution in [0.5, 0.6) is 0 Å². The quantitative estimate of drug-likeness (QED) is 0.681. The van der Waals surface area contributed by atoms with Crippen molar-refractivity contribution in [2.45, 2.75) is 18.9 Å². The first-order chi connectivity index (χ1) is 8.58. The summed E-state index contributed by atoms with van der Waals surface area (Å²) in [5.41, 5.74) is 6.83. The number of carboxylic acids is 1. The fourth-order valence-electron chi connectivity index (χ4n) is 1.61. The molecule has 2 aromatic rings. The second-order valence-corrected chi connectivity index (χ2v) is 4.01. The Balaban J connectivity index is 2.07. The van der Waals surface area contributed by atoms with Crippen molar-refractivity contribution in [3.8, 4) is 0 Å². The number of aliphatic carboxylic acids is 1. The smallest absolute Gasteiger partial charge is 0.320 e. The lowest BCUT2D eigenvalue weighted by Crippen LogP contribution is -2.30. The number of hydrogen-bond acceptors (Lipinski definition) is 4. The zero-order valence-electron chi connectivity index (χ0n) is 9.59. The summed E-state index contributed by atoms with van der Waals surface area (Å²) in [7, 11) is 0. The predicted molar refractivity (Wildman–Crippen MR) is 65.3 cm³/mol. The van der Waals surface area contributed by atoms with E-state index < -0.39 is 12.0 Å². The maximum Gasteiger partial charge on any atom is 0.320 e. The van der Waals surface area contributed by atoms with Crippen molar-refractivity contribution in [1.82, 2.24) is 9.97 Å². The van der Waals surface area contributed by atoms with E-state index in [4.69, 9.17) is 10.8 Å². The minimum Gasteiger partial charge on any atom is -0.480 e. The van der Waals surface area contributed by atoms with Gasteiger partial charge in [0.05, 0.1) is 11.0 Å². The Morgan fingerprint density at radius 3 is 2.78 bits per heavy atom. The Labute approximate surface area is 103 Å². The molecule has 1 aromatic carbocycles. The van der Waals surface area contributed by atoms with E-state index in [0.717, 1.165) is 5.52 Å². The highest BCUT2D eigenvalue weighted by atomic mass is 16.4. The lowest BCUT2D eigenvalue weighted by molar-refractivity contribution is -0.138. The van der Waals surface area contributed by atoms with Gasteiger partial charge < -0.3 is 15.8 Å². The Bertz CT molecular complexity index is 558. The van der Waals surface area contributed by atoms with E-state index in [1.807, 2.05) is 18.2 Å². The zero-order chi connectivity index (χ0) is 13.1. The lowest BCUT2D eigenvalue weighted by atomic mass is 10.1. The number of aromatic nitrogens is 2. The van der Waals surface area contributed by atoms with E-state index in [9.17, 15) is 9.59 Å². The van der Waals surface area contributed by atoms with Gasteiger partial charge in [-0.1, -0.05) is 12.1 Å². The number of nitrogens with two attached hydrogens (primary N) is 1. The van der Waals surface area contributed by atoms with Crippen molar-refractivity contribution in [2.75, 3.05) is 0 Å². The molecule has 0 aliphatic carbocycles. The fourth-order valence-corrected chi connectivity index (χ4v) is 1.61. The van der Waals surface area contributed by atoms with Crippen LogP contribution in [0.25, 0.3) is 11.0 Å². The molecule has 0 radical (unpaired) electrons. The number of aromatic amines is 1. The van der Waals surface area contributed by atoms with Crippen molar-refractivity contribution in [2.24, 2.45) is 5.73 Å². The number of carbonyl (C=O) groups is 2. The number of fused-ring (bicyclic) bond motifs is 1. The van der Waals surface area contributed by atoms with Gasteiger partial charge in [-0.25, -0.2) is 4.98 Å². The molecule has 1 unspecified atom stereocenters. The van der Waals surface area contributed by atoms with Crippen molar-refractivity contribution in [3.05, 3.63) is 30.1 Å². The first-order valence-electron chi connectivity index (χ1n) is 5.54. The standard InChI is InChI=1S/C12H13N3O3/c13-7(12(17)18)5-6-10(16)11-14-8-3-1-2-4-9(8)15-11/h1-4,7H,5-6,13H2,(H,14,15)(H,17,18). The number of carboxylic acid groups (broad SMARTS) is 1. The number of nitrogens with one attached hydrogen (secondary N) is 1. The van der Waals surface area contributed by atoms with Crippen LogP contribution in [-0.4, -0.2) is 32.9 Å². The van der Waals surface area contributed by atoms with Crippen molar-refractivity contribution < 1.29 is 14.7 Å². The van der Waals surface area contributed by atoms with Gasteiger partial charge >= 0.3 is 5.97 Å². The lowest BCUT2D eigenvalue weighted by Gasteiger charge is -2.03. The number of hydrogen-bond donors (Lipinski definition) is 3. The second-order valence-electron chi connectivity index (χ2n) is 4.01. The summed E-state index contributed by atoms with van der Waals surface area (Å²) >= 11 is 0. The highest BCUT2D eigenvalue weighted by Gasteiger charge is 2.16. The van der Waals surface area contributed by atoms with Crippen LogP contribution in [0.3, 0.4) is 0 Å². The molecule has 6 heteroatoms. The summed E-state index contributed by atoms with van der Waals surface area (Å²) in [6, 6.07) is 6.28. The average molecular weight is 247 g/mol. The van der Waals surface area contributed by atoms with Gasteiger partial charge in [-0.2, -0.15) is 0 Å². The molecule has 0 amide bonds. The number of imidazole rings is 1. The minimum absolute atomic E-state index is 0.0628. The van der Waals surface area contributed by atoms with Crippen LogP contribution in [0.4, 0.5) is 0 Å². The number of carbonyl (C=O) groups excluding carboxylic acids is 1. The van der Waals surface area contributed by atoms with Gasteiger partial charge in [0.25, 0.3) is 0 Å². The first kappa shape index (κ1) is 12.3. The Hall–Kier alpha value is -2.21. The van der Waals surface area contributed by atoms with E-state index in [1.54, 1.807) is 6.07 Å². The van der Waals surface area contributed by atoms with Crippen molar-refractivity contribution in [1.29, 1.82) is 0 Å². The number of nitrogens with zero attached hydrogens (tertiary/aromatic N) is 1. The number of benzene rings is 1. The summed E-state index contributed by atoms with van der Waals surface area (Å²) in [6.07, 6.45) is 0.165. The topological polar surface area (TPSA) is 109 Å². The van der Waals surface area contributed by atoms with E-state index in [0.29, 0.717) is 5.52 Å². The molecule has 0 saturated carbocycles. The largest absolute Gasteiger partial charge is 0.480 e. The molecule has 0 aliphatic rings. The predicted octanol–water partition coefficient (Wildman–Crippen LogP) is 0.938. The molecule has 0 saturated heterocycles. The number of rotatable bonds is 5. The van der Waals surface area contributed by atoms with Crippen LogP contribution in [0, 0.1) is 0 Å². The third-order valence-electron chi connectivity index (χ3n) is 2.65. The number of ketones is 1. The van der Waals surface area contributed by atoms with Crippen LogP contribution in [-0.2, 0) is 4.79 Å². The van der Waals surface area contributed by atoms with Gasteiger partial charge in [-0.15, -0.1) is 0 Å². The summed E-state index contributed by atoms with van der Waals surface area (Å²) < 4.78 is 0. The molecule has 94 valence electrons. The van der Waals surface area contributed by atoms with Gasteiger partial charge in [0.2, 0.25) is 0 Å². The third kappa shape index (κ3) is 2.54. The fraction of sp³-hybridized carbons (Fsp3) is 0.250. The van der Waals surface area contributed by atoms with Gasteiger partial charge in [-0.3, -0.25) is 9.59 Å². The van der Waals surface area contributed by atoms with Crippen molar-refractivity contribution >= 4 is 22.8 Å². The summed E-state index contributed by atoms with van der Waals surface area (Å²) in [5, 5.41) is 8.62. The molecule has 0 spiro atoms. The highest BCUT2D eigenvalue weighted by Crippen LogP contribution is 2.12. The monoisotopic (exact) mass is 247 g/mol. The summed E-state index contributed by atoms with van der Waals surface area (Å²) in [5.74, 6) is -1.09. The van der Waals surface area contributed by atoms with Crippen LogP contribution < -0.4 is 5.73 Å². The van der Waals surface area contributed by atoms with Crippen LogP contribution in [0.1, 0.15) is 23.5 Å². The van der Waals surface area contributed by atoms with Gasteiger partial charge in [0.15, 0.2) is 11.6 Å². The second kappa shape index (κ2) is 4.97. The van der Waals surface area contributed by atoms with Crippen molar-refractivity contribution in [3.63, 3.8) is 0 Å². The van der Waals surface area contributed by atoms with E-state index in [2.05, 4.69) is 9.97 Å². The molecule has 0 bridgehead atoms. The Kier molecular flexibility index (Phi) is 3.38. The first-order valence-corrected chi connectivity index (χ1v) is 5.54. The normalized spacial score (nSPS) is 12.5. The van der Waals surface area contributed by atoms with Crippen LogP contribution in [0.15, 0.2) is 24.3 Å². The third-order valence-corrected chi connectivity index (χ3v) is 2.65. The molecular formula is C12H13N3O3. The zero-order valence-corrected chi connectivity index (χ0v) is 9.59. The van der Waals surface area contributed by atoms with E-state index >= 15 is 0 Å². The number of para-hydroxylation sites is 2. The maximum atomic E-state index is 11.8. The van der Waals surface area contributed by atoms with Crippen LogP contribution >= 0.6 is 0 Å². The van der Waals surface area contributed by atoms with E-state index in [1.165, 1.54) is 0 Å². The molecule has 0 aliphatic heterocycles. The number of H-pyrrole nitrogens is 1. The van der Waals surface area contributed by atoms with Gasteiger partial charge in [0.1, 0.15) is 6.04 Å². The van der Waals surface area contributed by atoms with Gasteiger partial charge in [0, 0.05) is 6.42 Å². The molecule has 1 atom stereocenters. The molecular weight excluding hydrogens is 234 g/mol. The molecule has 4 N–H and O–H groups in total. The van der Waals surface area contributed by atoms with Gasteiger partial charge in [-0.05, 0) is 18.6 Å². The van der Waals surface area contributed by atoms with E-state index in [-0.39, 0.29) is 24.4 Å².